The molecule has 1 heterocycles. The number of amides is 1. The molecule has 5 heteroatoms. The molecular weight excluding hydrogens is 362 g/mol. The summed E-state index contributed by atoms with van der Waals surface area (Å²) in [5, 5.41) is 3.27. The van der Waals surface area contributed by atoms with Crippen molar-refractivity contribution in [2.24, 2.45) is 0 Å². The molecule has 1 fully saturated rings. The Balaban J connectivity index is 1.51. The predicted molar refractivity (Wildman–Crippen MR) is 114 cm³/mol. The van der Waals surface area contributed by atoms with Crippen molar-refractivity contribution < 1.29 is 9.53 Å². The molecule has 4 rings (SSSR count). The van der Waals surface area contributed by atoms with E-state index in [1.165, 1.54) is 5.56 Å². The van der Waals surface area contributed by atoms with E-state index in [-0.39, 0.29) is 11.4 Å². The number of carbonyl (C=O) groups excluding carboxylic acids is 1. The van der Waals surface area contributed by atoms with Crippen molar-refractivity contribution in [3.8, 4) is 11.4 Å². The number of ether oxygens (including phenoxy) is 1. The molecule has 3 aromatic rings. The maximum Gasteiger partial charge on any atom is 0.244 e. The lowest BCUT2D eigenvalue weighted by Gasteiger charge is -2.30. The number of carbonyl (C=O) groups is 1. The average Bonchev–Trinajstić information content (AvgIpc) is 3.46. The van der Waals surface area contributed by atoms with Crippen LogP contribution < -0.4 is 10.1 Å². The molecule has 1 amide bonds. The lowest BCUT2D eigenvalue weighted by molar-refractivity contribution is -0.118. The zero-order chi connectivity index (χ0) is 20.1. The SMILES string of the molecule is COc1cc(/C=C/C(=O)NC2(c3ccccc3)CCCC2)ccc1-n1ccnc1. The summed E-state index contributed by atoms with van der Waals surface area (Å²) in [4.78, 5) is 16.8. The van der Waals surface area contributed by atoms with E-state index in [4.69, 9.17) is 4.74 Å². The summed E-state index contributed by atoms with van der Waals surface area (Å²) in [6.07, 6.45) is 13.0. The van der Waals surface area contributed by atoms with Crippen LogP contribution in [0.15, 0.2) is 73.3 Å². The van der Waals surface area contributed by atoms with E-state index in [9.17, 15) is 4.79 Å². The topological polar surface area (TPSA) is 56.1 Å². The van der Waals surface area contributed by atoms with Gasteiger partial charge < -0.3 is 14.6 Å². The Hall–Kier alpha value is -3.34. The Morgan fingerprint density at radius 3 is 2.66 bits per heavy atom. The lowest BCUT2D eigenvalue weighted by atomic mass is 9.88. The Kier molecular flexibility index (Phi) is 5.47. The molecule has 5 nitrogen and oxygen atoms in total. The van der Waals surface area contributed by atoms with Gasteiger partial charge in [0, 0.05) is 18.5 Å². The third-order valence-electron chi connectivity index (χ3n) is 5.56. The summed E-state index contributed by atoms with van der Waals surface area (Å²) >= 11 is 0. The van der Waals surface area contributed by atoms with Gasteiger partial charge in [-0.25, -0.2) is 4.98 Å². The molecular formula is C24H25N3O2. The van der Waals surface area contributed by atoms with Gasteiger partial charge in [-0.15, -0.1) is 0 Å². The first-order valence-electron chi connectivity index (χ1n) is 9.92. The Bertz CT molecular complexity index is 988. The van der Waals surface area contributed by atoms with Crippen LogP contribution in [-0.2, 0) is 10.3 Å². The van der Waals surface area contributed by atoms with Crippen LogP contribution in [0, 0.1) is 0 Å². The number of aromatic nitrogens is 2. The van der Waals surface area contributed by atoms with Gasteiger partial charge in [-0.2, -0.15) is 0 Å². The van der Waals surface area contributed by atoms with Crippen LogP contribution >= 0.6 is 0 Å². The molecule has 1 aliphatic rings. The molecule has 1 aromatic heterocycles. The van der Waals surface area contributed by atoms with Crippen molar-refractivity contribution >= 4 is 12.0 Å². The standard InChI is InChI=1S/C24H25N3O2/c1-29-22-17-19(9-11-21(22)27-16-15-25-18-27)10-12-23(28)26-24(13-5-6-14-24)20-7-3-2-4-8-20/h2-4,7-12,15-18H,5-6,13-14H2,1H3,(H,26,28)/b12-10+. The number of hydrogen-bond donors (Lipinski definition) is 1. The van der Waals surface area contributed by atoms with E-state index in [0.29, 0.717) is 0 Å². The first-order chi connectivity index (χ1) is 14.2. The fourth-order valence-electron chi connectivity index (χ4n) is 4.08. The fraction of sp³-hybridized carbons (Fsp3) is 0.250. The van der Waals surface area contributed by atoms with E-state index >= 15 is 0 Å². The van der Waals surface area contributed by atoms with Crippen molar-refractivity contribution in [3.05, 3.63) is 84.5 Å². The van der Waals surface area contributed by atoms with E-state index in [0.717, 1.165) is 42.7 Å². The highest BCUT2D eigenvalue weighted by Gasteiger charge is 2.36. The summed E-state index contributed by atoms with van der Waals surface area (Å²) < 4.78 is 7.41. The van der Waals surface area contributed by atoms with Gasteiger partial charge >= 0.3 is 0 Å². The average molecular weight is 387 g/mol. The number of benzene rings is 2. The highest BCUT2D eigenvalue weighted by Crippen LogP contribution is 2.38. The summed E-state index contributed by atoms with van der Waals surface area (Å²) in [7, 11) is 1.64. The van der Waals surface area contributed by atoms with Crippen LogP contribution in [0.3, 0.4) is 0 Å². The van der Waals surface area contributed by atoms with Gasteiger partial charge in [0.2, 0.25) is 5.91 Å². The van der Waals surface area contributed by atoms with Crippen molar-refractivity contribution in [2.75, 3.05) is 7.11 Å². The molecule has 2 aromatic carbocycles. The van der Waals surface area contributed by atoms with Crippen molar-refractivity contribution in [1.82, 2.24) is 14.9 Å². The van der Waals surface area contributed by atoms with E-state index in [2.05, 4.69) is 22.4 Å². The quantitative estimate of drug-likeness (QED) is 0.635. The smallest absolute Gasteiger partial charge is 0.244 e. The van der Waals surface area contributed by atoms with Gasteiger partial charge in [0.05, 0.1) is 24.7 Å². The highest BCUT2D eigenvalue weighted by atomic mass is 16.5. The van der Waals surface area contributed by atoms with Gasteiger partial charge in [0.1, 0.15) is 5.75 Å². The number of nitrogens with one attached hydrogen (secondary N) is 1. The summed E-state index contributed by atoms with van der Waals surface area (Å²) in [6.45, 7) is 0. The third-order valence-corrected chi connectivity index (χ3v) is 5.56. The van der Waals surface area contributed by atoms with Crippen LogP contribution in [0.2, 0.25) is 0 Å². The minimum atomic E-state index is -0.258. The van der Waals surface area contributed by atoms with Crippen LogP contribution in [0.25, 0.3) is 11.8 Å². The maximum atomic E-state index is 12.7. The maximum absolute atomic E-state index is 12.7. The van der Waals surface area contributed by atoms with Crippen molar-refractivity contribution in [2.45, 2.75) is 31.2 Å². The van der Waals surface area contributed by atoms with Gasteiger partial charge in [0.25, 0.3) is 0 Å². The highest BCUT2D eigenvalue weighted by molar-refractivity contribution is 5.92. The van der Waals surface area contributed by atoms with Gasteiger partial charge in [-0.3, -0.25) is 4.79 Å². The van der Waals surface area contributed by atoms with Crippen LogP contribution in [0.5, 0.6) is 5.75 Å². The van der Waals surface area contributed by atoms with E-state index in [1.807, 2.05) is 53.2 Å². The Morgan fingerprint density at radius 2 is 1.97 bits per heavy atom. The van der Waals surface area contributed by atoms with Crippen molar-refractivity contribution in [1.29, 1.82) is 0 Å². The lowest BCUT2D eigenvalue weighted by Crippen LogP contribution is -2.43. The number of hydrogen-bond acceptors (Lipinski definition) is 3. The van der Waals surface area contributed by atoms with Crippen LogP contribution in [0.1, 0.15) is 36.8 Å². The number of nitrogens with zero attached hydrogens (tertiary/aromatic N) is 2. The Labute approximate surface area is 171 Å². The summed E-state index contributed by atoms with van der Waals surface area (Å²) in [5.41, 5.74) is 2.73. The summed E-state index contributed by atoms with van der Waals surface area (Å²) in [6, 6.07) is 16.1. The first-order valence-corrected chi connectivity index (χ1v) is 9.92. The minimum Gasteiger partial charge on any atom is -0.495 e. The van der Waals surface area contributed by atoms with Gasteiger partial charge in [0.15, 0.2) is 0 Å². The number of rotatable bonds is 6. The first kappa shape index (κ1) is 19.0. The largest absolute Gasteiger partial charge is 0.495 e. The monoisotopic (exact) mass is 387 g/mol. The molecule has 0 bridgehead atoms. The molecule has 0 atom stereocenters. The normalized spacial score (nSPS) is 15.5. The molecule has 0 radical (unpaired) electrons. The Morgan fingerprint density at radius 1 is 1.17 bits per heavy atom. The van der Waals surface area contributed by atoms with Crippen LogP contribution in [0.4, 0.5) is 0 Å². The summed E-state index contributed by atoms with van der Waals surface area (Å²) in [5.74, 6) is 0.649. The zero-order valence-corrected chi connectivity index (χ0v) is 16.5. The van der Waals surface area contributed by atoms with E-state index in [1.54, 1.807) is 25.7 Å². The minimum absolute atomic E-state index is 0.0755. The number of imidazole rings is 1. The molecule has 0 spiro atoms. The number of methoxy groups -OCH3 is 1. The molecule has 0 saturated heterocycles. The molecule has 1 N–H and O–H groups in total. The predicted octanol–water partition coefficient (Wildman–Crippen LogP) is 4.48. The van der Waals surface area contributed by atoms with Gasteiger partial charge in [-0.1, -0.05) is 49.2 Å². The van der Waals surface area contributed by atoms with Gasteiger partial charge in [-0.05, 0) is 42.2 Å². The molecule has 29 heavy (non-hydrogen) atoms. The van der Waals surface area contributed by atoms with Crippen molar-refractivity contribution in [3.63, 3.8) is 0 Å². The third kappa shape index (κ3) is 4.09. The second-order valence-electron chi connectivity index (χ2n) is 7.38. The molecule has 0 unspecified atom stereocenters. The fourth-order valence-corrected chi connectivity index (χ4v) is 4.08. The second kappa shape index (κ2) is 8.35. The van der Waals surface area contributed by atoms with E-state index < -0.39 is 0 Å². The molecule has 1 saturated carbocycles. The zero-order valence-electron chi connectivity index (χ0n) is 16.5. The van der Waals surface area contributed by atoms with Crippen LogP contribution in [-0.4, -0.2) is 22.6 Å². The molecule has 148 valence electrons. The molecule has 1 aliphatic carbocycles. The molecule has 0 aliphatic heterocycles. The second-order valence-corrected chi connectivity index (χ2v) is 7.38.